The summed E-state index contributed by atoms with van der Waals surface area (Å²) in [5.41, 5.74) is 26.9. The second kappa shape index (κ2) is 40.9. The first kappa shape index (κ1) is 91.2. The van der Waals surface area contributed by atoms with Gasteiger partial charge in [0.15, 0.2) is 5.82 Å². The number of halogens is 2. The number of hydrogen-bond donors (Lipinski definition) is 5. The summed E-state index contributed by atoms with van der Waals surface area (Å²) < 4.78 is 22.5. The van der Waals surface area contributed by atoms with Crippen molar-refractivity contribution in [2.24, 2.45) is 0 Å². The number of carbonyl (C=O) groups excluding carboxylic acids is 5. The summed E-state index contributed by atoms with van der Waals surface area (Å²) in [6.07, 6.45) is 27.7. The van der Waals surface area contributed by atoms with E-state index >= 15 is 0 Å². The van der Waals surface area contributed by atoms with Crippen molar-refractivity contribution in [3.8, 4) is 56.3 Å². The highest BCUT2D eigenvalue weighted by Crippen LogP contribution is 2.34. The summed E-state index contributed by atoms with van der Waals surface area (Å²) in [5.74, 6) is 2.04. The van der Waals surface area contributed by atoms with Gasteiger partial charge in [-0.05, 0) is 203 Å². The summed E-state index contributed by atoms with van der Waals surface area (Å²) in [6, 6.07) is 70.9. The van der Waals surface area contributed by atoms with Crippen molar-refractivity contribution in [1.29, 1.82) is 0 Å². The van der Waals surface area contributed by atoms with Crippen molar-refractivity contribution in [2.75, 3.05) is 26.6 Å². The number of hydrogen-bond acceptors (Lipinski definition) is 15. The lowest BCUT2D eigenvalue weighted by molar-refractivity contribution is -0.116. The van der Waals surface area contributed by atoms with Crippen molar-refractivity contribution >= 4 is 98.5 Å². The van der Waals surface area contributed by atoms with Crippen LogP contribution in [-0.2, 0) is 22.4 Å². The van der Waals surface area contributed by atoms with Crippen molar-refractivity contribution in [1.82, 2.24) is 71.8 Å². The van der Waals surface area contributed by atoms with Crippen LogP contribution >= 0.6 is 11.6 Å². The van der Waals surface area contributed by atoms with E-state index in [0.717, 1.165) is 146 Å². The van der Waals surface area contributed by atoms with Crippen molar-refractivity contribution in [2.45, 2.75) is 89.0 Å². The molecule has 0 aliphatic carbocycles. The molecule has 0 radical (unpaired) electrons. The number of aryl methyl sites for hydroxylation is 11. The van der Waals surface area contributed by atoms with Gasteiger partial charge in [0.05, 0.1) is 58.2 Å². The molecule has 5 N–H and O–H groups in total. The van der Waals surface area contributed by atoms with Crippen molar-refractivity contribution < 1.29 is 28.4 Å². The van der Waals surface area contributed by atoms with Crippen LogP contribution in [0.5, 0.6) is 0 Å². The third kappa shape index (κ3) is 22.5. The Morgan fingerprint density at radius 2 is 0.526 bits per heavy atom. The Labute approximate surface area is 783 Å². The van der Waals surface area contributed by atoms with Gasteiger partial charge in [0.2, 0.25) is 40.7 Å². The molecule has 0 aliphatic rings. The molecule has 5 amide bonds. The van der Waals surface area contributed by atoms with Crippen LogP contribution in [0.15, 0.2) is 317 Å². The van der Waals surface area contributed by atoms with Crippen LogP contribution in [0.4, 0.5) is 32.8 Å². The van der Waals surface area contributed by atoms with Gasteiger partial charge in [-0.3, -0.25) is 46.0 Å². The Kier molecular flexibility index (Phi) is 27.6. The molecule has 10 aromatic carbocycles. The highest BCUT2D eigenvalue weighted by Gasteiger charge is 2.20. The quantitative estimate of drug-likeness (QED) is 0.0566. The fraction of sp³-hybridized carbons (Fsp3) is 0.120. The Hall–Kier alpha value is -17.1. The Morgan fingerprint density at radius 3 is 0.830 bits per heavy atom. The molecule has 0 unspecified atom stereocenters. The number of nitrogens with zero attached hydrogens (tertiary/aromatic N) is 15. The van der Waals surface area contributed by atoms with Gasteiger partial charge in [0.25, 0.3) is 17.7 Å². The van der Waals surface area contributed by atoms with Gasteiger partial charge >= 0.3 is 0 Å². The average Bonchev–Trinajstić information content (AvgIpc) is 1.65. The van der Waals surface area contributed by atoms with Crippen LogP contribution < -0.4 is 26.6 Å². The zero-order valence-corrected chi connectivity index (χ0v) is 76.7. The van der Waals surface area contributed by atoms with Crippen LogP contribution in [0.2, 0.25) is 5.02 Å². The second-order valence-electron chi connectivity index (χ2n) is 33.0. The number of amides is 5. The SMILES string of the molecule is Cc1ccc(-c2cn3cc(F)cnc3n2)cc1NC(=O)c1ccccc1C.Cc1cnc2nc(-c3ccc(C)c(NC(=O)Cc4ccccc4)c3)cn2c1.Cc1cnc2nc(-c3ccc(C)c(NC(=O)c4ccccc4C)c3)cn2c1.Cc1cnc2nc(-c3ccc(C)c(NC(=O)c4ccccc4C)c3)cn2c1.Cc1cnc2nc(-c3ccc(Cl)c(NC(=O)Cc4ccccc4)c3)cn2c1. The summed E-state index contributed by atoms with van der Waals surface area (Å²) in [5, 5.41) is 15.4. The smallest absolute Gasteiger partial charge is 0.255 e. The molecule has 20 aromatic rings. The van der Waals surface area contributed by atoms with Crippen LogP contribution in [0, 0.1) is 82.0 Å². The lowest BCUT2D eigenvalue weighted by atomic mass is 10.1. The first-order valence-electron chi connectivity index (χ1n) is 43.5. The Balaban J connectivity index is 0.000000123. The van der Waals surface area contributed by atoms with Crippen LogP contribution in [0.25, 0.3) is 85.2 Å². The molecule has 0 saturated heterocycles. The molecule has 10 heterocycles. The first-order valence-corrected chi connectivity index (χ1v) is 43.9. The van der Waals surface area contributed by atoms with Crippen LogP contribution in [-0.4, -0.2) is 101 Å². The van der Waals surface area contributed by atoms with Gasteiger partial charge in [0.1, 0.15) is 0 Å². The maximum Gasteiger partial charge on any atom is 0.255 e. The molecular formula is C108H94ClFN20O5. The highest BCUT2D eigenvalue weighted by atomic mass is 35.5. The van der Waals surface area contributed by atoms with E-state index in [-0.39, 0.29) is 29.5 Å². The predicted octanol–water partition coefficient (Wildman–Crippen LogP) is 22.3. The van der Waals surface area contributed by atoms with E-state index < -0.39 is 5.82 Å². The van der Waals surface area contributed by atoms with E-state index in [4.69, 9.17) is 11.6 Å². The molecule has 10 aromatic heterocycles. The highest BCUT2D eigenvalue weighted by molar-refractivity contribution is 6.34. The third-order valence-corrected chi connectivity index (χ3v) is 22.6. The summed E-state index contributed by atoms with van der Waals surface area (Å²) in [7, 11) is 0. The number of fused-ring (bicyclic) bond motifs is 5. The summed E-state index contributed by atoms with van der Waals surface area (Å²) >= 11 is 6.28. The molecule has 0 aliphatic heterocycles. The van der Waals surface area contributed by atoms with E-state index in [9.17, 15) is 28.4 Å². The van der Waals surface area contributed by atoms with E-state index in [0.29, 0.717) is 80.5 Å². The van der Waals surface area contributed by atoms with Gasteiger partial charge in [-0.25, -0.2) is 54.2 Å². The molecule has 0 saturated carbocycles. The number of benzene rings is 10. The number of imidazole rings is 5. The maximum absolute atomic E-state index is 13.3. The van der Waals surface area contributed by atoms with E-state index in [2.05, 4.69) is 76.4 Å². The molecule has 27 heteroatoms. The van der Waals surface area contributed by atoms with E-state index in [1.54, 1.807) is 43.1 Å². The van der Waals surface area contributed by atoms with Gasteiger partial charge in [-0.2, -0.15) is 0 Å². The molecule has 135 heavy (non-hydrogen) atoms. The number of aromatic nitrogens is 15. The molecule has 25 nitrogen and oxygen atoms in total. The zero-order chi connectivity index (χ0) is 94.5. The van der Waals surface area contributed by atoms with Crippen molar-refractivity contribution in [3.05, 3.63) is 417 Å². The lowest BCUT2D eigenvalue weighted by Crippen LogP contribution is -2.15. The maximum atomic E-state index is 13.3. The Bertz CT molecular complexity index is 7240. The first-order chi connectivity index (χ1) is 65.2. The molecule has 0 bridgehead atoms. The molecule has 0 spiro atoms. The topological polar surface area (TPSA) is 296 Å². The number of rotatable bonds is 17. The van der Waals surface area contributed by atoms with E-state index in [1.807, 2.05) is 356 Å². The largest absolute Gasteiger partial charge is 0.326 e. The van der Waals surface area contributed by atoms with Crippen LogP contribution in [0.1, 0.15) is 103 Å². The van der Waals surface area contributed by atoms with Crippen molar-refractivity contribution in [3.63, 3.8) is 0 Å². The van der Waals surface area contributed by atoms with Gasteiger partial charge < -0.3 is 26.6 Å². The van der Waals surface area contributed by atoms with Gasteiger partial charge in [-0.1, -0.05) is 181 Å². The van der Waals surface area contributed by atoms with E-state index in [1.165, 1.54) is 10.6 Å². The minimum Gasteiger partial charge on any atom is -0.326 e. The van der Waals surface area contributed by atoms with Gasteiger partial charge in [0, 0.05) is 154 Å². The zero-order valence-electron chi connectivity index (χ0n) is 75.9. The monoisotopic (exact) mass is 1800 g/mol. The molecule has 670 valence electrons. The van der Waals surface area contributed by atoms with Gasteiger partial charge in [-0.15, -0.1) is 0 Å². The normalized spacial score (nSPS) is 10.9. The summed E-state index contributed by atoms with van der Waals surface area (Å²) in [6.45, 7) is 21.6. The molecular weight excluding hydrogens is 1710 g/mol. The summed E-state index contributed by atoms with van der Waals surface area (Å²) in [4.78, 5) is 107. The molecule has 0 fully saturated rings. The third-order valence-electron chi connectivity index (χ3n) is 22.3. The number of anilines is 5. The fourth-order valence-electron chi connectivity index (χ4n) is 14.9. The molecule has 20 rings (SSSR count). The number of nitrogens with one attached hydrogen (secondary N) is 5. The number of carbonyl (C=O) groups is 5. The second-order valence-corrected chi connectivity index (χ2v) is 33.4. The fourth-order valence-corrected chi connectivity index (χ4v) is 15.1. The van der Waals surface area contributed by atoms with Crippen LogP contribution in [0.3, 0.4) is 0 Å². The minimum absolute atomic E-state index is 0.0336. The standard InChI is InChI=1S/3C22H20N4O.C21H17ClN4O.C21H17FN4O/c2*1-14-11-23-22-25-20(13-26(22)12-14)17-9-8-16(3)19(10-17)24-21(27)18-7-5-4-6-15(18)2;1-15-12-23-22-25-20(14-26(22)13-15)18-9-8-16(2)19(11-18)24-21(27)10-17-6-4-3-5-7-17;1-14-11-23-21-25-19(13-26(21)12-14)16-7-8-17(22)18(10-16)24-20(27)9-15-5-3-2-4-6-15;1-13-5-3-4-6-17(13)20(27)24-18-9-15(8-7-14(18)2)19-12-26-11-16(22)10-23-21(26)25-19/h2*4-13H,1-3H3,(H,24,27);3-9,11-14H,10H2,1-2H3,(H,24,27);2-8,10-13H,9H2,1H3,(H,24,27);3-12H,1-2H3,(H,24,27). The lowest BCUT2D eigenvalue weighted by Gasteiger charge is -2.11. The predicted molar refractivity (Wildman–Crippen MR) is 530 cm³/mol. The Morgan fingerprint density at radius 1 is 0.274 bits per heavy atom. The molecule has 0 atom stereocenters. The minimum atomic E-state index is -0.429. The average molecular weight is 1810 g/mol.